The SMILES string of the molecule is Cc1ccc(NC(=O)CSc2nnc(COc3ccc(Cl)cc3Cl)o2)cc1. The zero-order valence-electron chi connectivity index (χ0n) is 14.2. The number of hydrogen-bond acceptors (Lipinski definition) is 6. The quantitative estimate of drug-likeness (QED) is 0.539. The van der Waals surface area contributed by atoms with Gasteiger partial charge in [-0.15, -0.1) is 10.2 Å². The molecule has 0 saturated heterocycles. The Morgan fingerprint density at radius 2 is 1.96 bits per heavy atom. The molecule has 3 rings (SSSR count). The van der Waals surface area contributed by atoms with Crippen molar-refractivity contribution in [2.24, 2.45) is 0 Å². The molecular weight excluding hydrogens is 409 g/mol. The van der Waals surface area contributed by atoms with E-state index in [1.54, 1.807) is 18.2 Å². The molecule has 0 bridgehead atoms. The Kier molecular flexibility index (Phi) is 6.60. The highest BCUT2D eigenvalue weighted by atomic mass is 35.5. The van der Waals surface area contributed by atoms with Gasteiger partial charge in [-0.1, -0.05) is 52.7 Å². The lowest BCUT2D eigenvalue weighted by molar-refractivity contribution is -0.113. The van der Waals surface area contributed by atoms with Crippen LogP contribution in [-0.2, 0) is 11.4 Å². The highest BCUT2D eigenvalue weighted by molar-refractivity contribution is 7.99. The van der Waals surface area contributed by atoms with Crippen LogP contribution in [0.15, 0.2) is 52.1 Å². The maximum Gasteiger partial charge on any atom is 0.277 e. The van der Waals surface area contributed by atoms with Crippen molar-refractivity contribution in [3.63, 3.8) is 0 Å². The van der Waals surface area contributed by atoms with Gasteiger partial charge < -0.3 is 14.5 Å². The van der Waals surface area contributed by atoms with Crippen LogP contribution in [0.4, 0.5) is 5.69 Å². The third kappa shape index (κ3) is 5.89. The lowest BCUT2D eigenvalue weighted by Gasteiger charge is -2.05. The van der Waals surface area contributed by atoms with Gasteiger partial charge in [0.15, 0.2) is 6.61 Å². The van der Waals surface area contributed by atoms with Crippen molar-refractivity contribution >= 4 is 46.6 Å². The van der Waals surface area contributed by atoms with Crippen molar-refractivity contribution in [2.75, 3.05) is 11.1 Å². The van der Waals surface area contributed by atoms with Crippen LogP contribution in [0.5, 0.6) is 5.75 Å². The maximum atomic E-state index is 12.0. The second-order valence-corrected chi connectivity index (χ2v) is 7.30. The maximum absolute atomic E-state index is 12.0. The third-order valence-corrected chi connectivity index (χ3v) is 4.70. The zero-order valence-corrected chi connectivity index (χ0v) is 16.6. The van der Waals surface area contributed by atoms with E-state index in [1.165, 1.54) is 0 Å². The molecule has 0 aliphatic heterocycles. The van der Waals surface area contributed by atoms with Crippen molar-refractivity contribution in [2.45, 2.75) is 18.8 Å². The van der Waals surface area contributed by atoms with Gasteiger partial charge in [-0.2, -0.15) is 0 Å². The van der Waals surface area contributed by atoms with Crippen LogP contribution in [0, 0.1) is 6.92 Å². The van der Waals surface area contributed by atoms with Gasteiger partial charge in [0.1, 0.15) is 5.75 Å². The first-order valence-electron chi connectivity index (χ1n) is 7.89. The molecule has 9 heteroatoms. The first kappa shape index (κ1) is 19.5. The van der Waals surface area contributed by atoms with Crippen molar-refractivity contribution in [1.29, 1.82) is 0 Å². The second kappa shape index (κ2) is 9.12. The summed E-state index contributed by atoms with van der Waals surface area (Å²) in [5, 5.41) is 11.8. The number of amides is 1. The molecule has 0 atom stereocenters. The minimum Gasteiger partial charge on any atom is -0.482 e. The van der Waals surface area contributed by atoms with Gasteiger partial charge in [-0.3, -0.25) is 4.79 Å². The largest absolute Gasteiger partial charge is 0.482 e. The summed E-state index contributed by atoms with van der Waals surface area (Å²) in [4.78, 5) is 12.0. The molecule has 1 aromatic heterocycles. The Bertz CT molecular complexity index is 932. The summed E-state index contributed by atoms with van der Waals surface area (Å²) < 4.78 is 11.0. The number of aromatic nitrogens is 2. The molecule has 0 fully saturated rings. The van der Waals surface area contributed by atoms with Crippen molar-refractivity contribution in [3.05, 3.63) is 64.0 Å². The van der Waals surface area contributed by atoms with Gasteiger partial charge in [-0.25, -0.2) is 0 Å². The summed E-state index contributed by atoms with van der Waals surface area (Å²) in [6.07, 6.45) is 0. The summed E-state index contributed by atoms with van der Waals surface area (Å²) in [5.74, 6) is 0.737. The smallest absolute Gasteiger partial charge is 0.277 e. The summed E-state index contributed by atoms with van der Waals surface area (Å²) >= 11 is 13.0. The summed E-state index contributed by atoms with van der Waals surface area (Å²) in [7, 11) is 0. The first-order valence-corrected chi connectivity index (χ1v) is 9.63. The summed E-state index contributed by atoms with van der Waals surface area (Å²) in [5.41, 5.74) is 1.87. The van der Waals surface area contributed by atoms with E-state index in [0.29, 0.717) is 15.8 Å². The lowest BCUT2D eigenvalue weighted by Crippen LogP contribution is -2.13. The van der Waals surface area contributed by atoms with Crippen LogP contribution in [0.2, 0.25) is 10.0 Å². The normalized spacial score (nSPS) is 10.6. The Balaban J connectivity index is 1.47. The van der Waals surface area contributed by atoms with Gasteiger partial charge in [0.05, 0.1) is 10.8 Å². The highest BCUT2D eigenvalue weighted by Gasteiger charge is 2.11. The topological polar surface area (TPSA) is 77.2 Å². The molecule has 6 nitrogen and oxygen atoms in total. The molecule has 3 aromatic rings. The highest BCUT2D eigenvalue weighted by Crippen LogP contribution is 2.28. The monoisotopic (exact) mass is 423 g/mol. The Labute approximate surface area is 170 Å². The van der Waals surface area contributed by atoms with Crippen LogP contribution < -0.4 is 10.1 Å². The fourth-order valence-electron chi connectivity index (χ4n) is 2.05. The summed E-state index contributed by atoms with van der Waals surface area (Å²) in [6.45, 7) is 2.05. The number of nitrogens with zero attached hydrogens (tertiary/aromatic N) is 2. The zero-order chi connectivity index (χ0) is 19.2. The van der Waals surface area contributed by atoms with Crippen LogP contribution in [0.1, 0.15) is 11.5 Å². The molecule has 1 heterocycles. The van der Waals surface area contributed by atoms with Gasteiger partial charge >= 0.3 is 0 Å². The van der Waals surface area contributed by atoms with E-state index in [-0.39, 0.29) is 29.4 Å². The molecular formula is C18H15Cl2N3O3S. The number of thioether (sulfide) groups is 1. The average Bonchev–Trinajstić information content (AvgIpc) is 3.09. The van der Waals surface area contributed by atoms with Crippen molar-refractivity contribution in [3.8, 4) is 5.75 Å². The molecule has 0 radical (unpaired) electrons. The molecule has 140 valence electrons. The molecule has 0 unspecified atom stereocenters. The van der Waals surface area contributed by atoms with E-state index in [0.717, 1.165) is 23.0 Å². The molecule has 0 aliphatic rings. The molecule has 0 spiro atoms. The van der Waals surface area contributed by atoms with Gasteiger partial charge in [0.25, 0.3) is 11.1 Å². The van der Waals surface area contributed by atoms with E-state index in [4.69, 9.17) is 32.4 Å². The average molecular weight is 424 g/mol. The first-order chi connectivity index (χ1) is 13.0. The molecule has 1 amide bonds. The van der Waals surface area contributed by atoms with E-state index in [1.807, 2.05) is 31.2 Å². The number of rotatable bonds is 7. The van der Waals surface area contributed by atoms with Gasteiger partial charge in [0.2, 0.25) is 5.91 Å². The van der Waals surface area contributed by atoms with Crippen LogP contribution in [-0.4, -0.2) is 21.9 Å². The molecule has 27 heavy (non-hydrogen) atoms. The number of anilines is 1. The van der Waals surface area contributed by atoms with E-state index >= 15 is 0 Å². The minimum atomic E-state index is -0.159. The Morgan fingerprint density at radius 3 is 2.70 bits per heavy atom. The van der Waals surface area contributed by atoms with E-state index in [2.05, 4.69) is 15.5 Å². The molecule has 0 aliphatic carbocycles. The molecule has 0 saturated carbocycles. The predicted molar refractivity (Wildman–Crippen MR) is 106 cm³/mol. The Hall–Kier alpha value is -2.22. The van der Waals surface area contributed by atoms with E-state index < -0.39 is 0 Å². The number of hydrogen-bond donors (Lipinski definition) is 1. The fraction of sp³-hybridized carbons (Fsp3) is 0.167. The number of halogens is 2. The van der Waals surface area contributed by atoms with Crippen molar-refractivity contribution in [1.82, 2.24) is 10.2 Å². The van der Waals surface area contributed by atoms with Gasteiger partial charge in [-0.05, 0) is 37.3 Å². The molecule has 2 aromatic carbocycles. The Morgan fingerprint density at radius 1 is 1.19 bits per heavy atom. The number of ether oxygens (including phenoxy) is 1. The number of aryl methyl sites for hydroxylation is 1. The molecule has 1 N–H and O–H groups in total. The standard InChI is InChI=1S/C18H15Cl2N3O3S/c1-11-2-5-13(6-3-11)21-16(24)10-27-18-23-22-17(26-18)9-25-15-7-4-12(19)8-14(15)20/h2-8H,9-10H2,1H3,(H,21,24). The van der Waals surface area contributed by atoms with Gasteiger partial charge in [0, 0.05) is 10.7 Å². The second-order valence-electron chi connectivity index (χ2n) is 5.53. The fourth-order valence-corrected chi connectivity index (χ4v) is 3.09. The predicted octanol–water partition coefficient (Wildman–Crippen LogP) is 4.99. The van der Waals surface area contributed by atoms with Crippen LogP contribution in [0.3, 0.4) is 0 Å². The number of carbonyl (C=O) groups excluding carboxylic acids is 1. The van der Waals surface area contributed by atoms with Crippen molar-refractivity contribution < 1.29 is 13.9 Å². The lowest BCUT2D eigenvalue weighted by atomic mass is 10.2. The minimum absolute atomic E-state index is 0.0600. The number of carbonyl (C=O) groups is 1. The van der Waals surface area contributed by atoms with E-state index in [9.17, 15) is 4.79 Å². The number of benzene rings is 2. The third-order valence-electron chi connectivity index (χ3n) is 3.36. The van der Waals surface area contributed by atoms with Crippen LogP contribution >= 0.6 is 35.0 Å². The van der Waals surface area contributed by atoms with Crippen LogP contribution in [0.25, 0.3) is 0 Å². The number of nitrogens with one attached hydrogen (secondary N) is 1. The summed E-state index contributed by atoms with van der Waals surface area (Å²) in [6, 6.07) is 12.5.